The summed E-state index contributed by atoms with van der Waals surface area (Å²) in [5, 5.41) is 15.1. The van der Waals surface area contributed by atoms with E-state index >= 15 is 0 Å². The molecule has 0 aliphatic heterocycles. The lowest BCUT2D eigenvalue weighted by Gasteiger charge is -2.10. The van der Waals surface area contributed by atoms with Crippen LogP contribution in [0.3, 0.4) is 0 Å². The molecule has 0 aliphatic carbocycles. The molecule has 0 aliphatic rings. The number of amides is 1. The van der Waals surface area contributed by atoms with E-state index in [1.165, 1.54) is 24.0 Å². The van der Waals surface area contributed by atoms with Gasteiger partial charge in [-0.25, -0.2) is 4.39 Å². The first-order chi connectivity index (χ1) is 14.7. The molecular weight excluding hydrogens is 397 g/mol. The molecule has 0 bridgehead atoms. The van der Waals surface area contributed by atoms with E-state index in [4.69, 9.17) is 0 Å². The maximum absolute atomic E-state index is 13.6. The van der Waals surface area contributed by atoms with Gasteiger partial charge in [-0.3, -0.25) is 4.79 Å². The minimum absolute atomic E-state index is 0.0527. The number of anilines is 1. The number of benzene rings is 3. The summed E-state index contributed by atoms with van der Waals surface area (Å²) in [6, 6.07) is 25.7. The average molecular weight is 418 g/mol. The number of nitrogens with one attached hydrogen (secondary N) is 2. The van der Waals surface area contributed by atoms with Crippen molar-refractivity contribution >= 4 is 23.4 Å². The fourth-order valence-corrected chi connectivity index (χ4v) is 3.62. The molecule has 0 atom stereocenters. The van der Waals surface area contributed by atoms with Gasteiger partial charge in [0.25, 0.3) is 5.91 Å². The molecule has 0 radical (unpaired) electrons. The summed E-state index contributed by atoms with van der Waals surface area (Å²) in [5.74, 6) is -0.772. The number of halogens is 1. The van der Waals surface area contributed by atoms with E-state index < -0.39 is 5.91 Å². The van der Waals surface area contributed by atoms with E-state index in [1.807, 2.05) is 54.6 Å². The minimum Gasteiger partial charge on any atom is -0.389 e. The fourth-order valence-electron chi connectivity index (χ4n) is 2.69. The second-order valence-corrected chi connectivity index (χ2v) is 7.45. The van der Waals surface area contributed by atoms with Crippen LogP contribution in [0.15, 0.2) is 100 Å². The van der Waals surface area contributed by atoms with Gasteiger partial charge in [-0.1, -0.05) is 60.3 Å². The molecule has 0 heterocycles. The lowest BCUT2D eigenvalue weighted by molar-refractivity contribution is -0.112. The van der Waals surface area contributed by atoms with Gasteiger partial charge in [-0.15, -0.1) is 0 Å². The molecule has 3 aromatic rings. The van der Waals surface area contributed by atoms with Crippen LogP contribution in [-0.4, -0.2) is 12.5 Å². The van der Waals surface area contributed by atoms with Crippen molar-refractivity contribution < 1.29 is 9.18 Å². The third-order valence-corrected chi connectivity index (χ3v) is 5.30. The number of rotatable bonds is 8. The zero-order valence-electron chi connectivity index (χ0n) is 16.1. The Labute approximate surface area is 179 Å². The molecule has 2 N–H and O–H groups in total. The van der Waals surface area contributed by atoms with Gasteiger partial charge < -0.3 is 10.6 Å². The van der Waals surface area contributed by atoms with Crippen molar-refractivity contribution in [2.24, 2.45) is 0 Å². The van der Waals surface area contributed by atoms with E-state index in [2.05, 4.69) is 10.6 Å². The number of nitrogens with zero attached hydrogens (tertiary/aromatic N) is 1. The number of carbonyl (C=O) groups excluding carboxylic acids is 1. The van der Waals surface area contributed by atoms with Crippen LogP contribution in [-0.2, 0) is 11.2 Å². The van der Waals surface area contributed by atoms with Crippen LogP contribution in [0.5, 0.6) is 0 Å². The van der Waals surface area contributed by atoms with Crippen LogP contribution in [0.25, 0.3) is 0 Å². The molecule has 6 heteroatoms. The molecule has 0 spiro atoms. The normalized spacial score (nSPS) is 10.9. The van der Waals surface area contributed by atoms with Gasteiger partial charge in [0, 0.05) is 22.5 Å². The first-order valence-electron chi connectivity index (χ1n) is 9.37. The first kappa shape index (κ1) is 21.2. The highest BCUT2D eigenvalue weighted by atomic mass is 32.2. The predicted molar refractivity (Wildman–Crippen MR) is 117 cm³/mol. The number of hydrogen-bond donors (Lipinski definition) is 2. The molecule has 1 amide bonds. The Bertz CT molecular complexity index is 1080. The van der Waals surface area contributed by atoms with Crippen molar-refractivity contribution in [1.82, 2.24) is 5.32 Å². The van der Waals surface area contributed by atoms with Crippen LogP contribution < -0.4 is 10.6 Å². The van der Waals surface area contributed by atoms with Crippen LogP contribution in [0.1, 0.15) is 5.56 Å². The van der Waals surface area contributed by atoms with Crippen LogP contribution in [0.2, 0.25) is 0 Å². The lowest BCUT2D eigenvalue weighted by atomic mass is 10.1. The zero-order valence-corrected chi connectivity index (χ0v) is 17.0. The van der Waals surface area contributed by atoms with Crippen LogP contribution in [0, 0.1) is 17.1 Å². The standard InChI is InChI=1S/C24H20FN3OS/c25-21-11-5-4-8-18(21)14-15-27-17-19(16-26)24(29)28-22-12-6-7-13-23(22)30-20-9-2-1-3-10-20/h1-13,17,27H,14-15H2,(H,28,29)/b19-17-. The quantitative estimate of drug-likeness (QED) is 0.302. The van der Waals surface area contributed by atoms with Crippen LogP contribution >= 0.6 is 11.8 Å². The first-order valence-corrected chi connectivity index (χ1v) is 10.2. The Hall–Kier alpha value is -3.56. The molecule has 0 aromatic heterocycles. The van der Waals surface area contributed by atoms with Gasteiger partial charge in [0.1, 0.15) is 17.5 Å². The summed E-state index contributed by atoms with van der Waals surface area (Å²) < 4.78 is 13.6. The van der Waals surface area contributed by atoms with Crippen molar-refractivity contribution in [3.8, 4) is 6.07 Å². The number of nitriles is 1. The Morgan fingerprint density at radius 3 is 2.47 bits per heavy atom. The van der Waals surface area contributed by atoms with Gasteiger partial charge in [0.2, 0.25) is 0 Å². The van der Waals surface area contributed by atoms with E-state index in [-0.39, 0.29) is 11.4 Å². The predicted octanol–water partition coefficient (Wildman–Crippen LogP) is 5.16. The highest BCUT2D eigenvalue weighted by Crippen LogP contribution is 2.33. The van der Waals surface area contributed by atoms with Crippen LogP contribution in [0.4, 0.5) is 10.1 Å². The van der Waals surface area contributed by atoms with E-state index in [1.54, 1.807) is 24.3 Å². The maximum Gasteiger partial charge on any atom is 0.267 e. The Morgan fingerprint density at radius 1 is 1.00 bits per heavy atom. The van der Waals surface area contributed by atoms with Crippen molar-refractivity contribution in [1.29, 1.82) is 5.26 Å². The van der Waals surface area contributed by atoms with Gasteiger partial charge in [-0.05, 0) is 42.3 Å². The molecule has 3 aromatic carbocycles. The Morgan fingerprint density at radius 2 is 1.70 bits per heavy atom. The summed E-state index contributed by atoms with van der Waals surface area (Å²) in [6.07, 6.45) is 1.81. The fraction of sp³-hybridized carbons (Fsp3) is 0.0833. The molecule has 4 nitrogen and oxygen atoms in total. The molecule has 30 heavy (non-hydrogen) atoms. The molecule has 0 unspecified atom stereocenters. The van der Waals surface area contributed by atoms with Gasteiger partial charge in [-0.2, -0.15) is 5.26 Å². The zero-order chi connectivity index (χ0) is 21.2. The van der Waals surface area contributed by atoms with Gasteiger partial charge in [0.05, 0.1) is 5.69 Å². The molecule has 150 valence electrons. The number of para-hydroxylation sites is 1. The number of hydrogen-bond acceptors (Lipinski definition) is 4. The smallest absolute Gasteiger partial charge is 0.267 e. The molecule has 3 rings (SSSR count). The topological polar surface area (TPSA) is 64.9 Å². The second-order valence-electron chi connectivity index (χ2n) is 6.33. The SMILES string of the molecule is N#C/C(=C/NCCc1ccccc1F)C(=O)Nc1ccccc1Sc1ccccc1. The lowest BCUT2D eigenvalue weighted by Crippen LogP contribution is -2.18. The van der Waals surface area contributed by atoms with Crippen molar-refractivity contribution in [3.63, 3.8) is 0 Å². The Balaban J connectivity index is 1.62. The van der Waals surface area contributed by atoms with E-state index in [9.17, 15) is 14.4 Å². The summed E-state index contributed by atoms with van der Waals surface area (Å²) in [4.78, 5) is 14.5. The highest BCUT2D eigenvalue weighted by molar-refractivity contribution is 7.99. The van der Waals surface area contributed by atoms with E-state index in [0.29, 0.717) is 24.2 Å². The van der Waals surface area contributed by atoms with Gasteiger partial charge in [0.15, 0.2) is 0 Å². The van der Waals surface area contributed by atoms with Crippen molar-refractivity contribution in [2.75, 3.05) is 11.9 Å². The summed E-state index contributed by atoms with van der Waals surface area (Å²) in [5.41, 5.74) is 1.15. The summed E-state index contributed by atoms with van der Waals surface area (Å²) in [6.45, 7) is 0.403. The number of carbonyl (C=O) groups is 1. The van der Waals surface area contributed by atoms with E-state index in [0.717, 1.165) is 9.79 Å². The molecule has 0 fully saturated rings. The van der Waals surface area contributed by atoms with Crippen molar-refractivity contribution in [3.05, 3.63) is 102 Å². The maximum atomic E-state index is 13.6. The largest absolute Gasteiger partial charge is 0.389 e. The monoisotopic (exact) mass is 417 g/mol. The summed E-state index contributed by atoms with van der Waals surface area (Å²) in [7, 11) is 0. The molecule has 0 saturated heterocycles. The van der Waals surface area contributed by atoms with Gasteiger partial charge >= 0.3 is 0 Å². The van der Waals surface area contributed by atoms with Crippen molar-refractivity contribution in [2.45, 2.75) is 16.2 Å². The molecular formula is C24H20FN3OS. The molecule has 0 saturated carbocycles. The Kier molecular flexibility index (Phi) is 7.64. The average Bonchev–Trinajstić information content (AvgIpc) is 2.77. The summed E-state index contributed by atoms with van der Waals surface area (Å²) >= 11 is 1.53. The highest BCUT2D eigenvalue weighted by Gasteiger charge is 2.12. The third-order valence-electron chi connectivity index (χ3n) is 4.21. The second kappa shape index (κ2) is 10.8. The minimum atomic E-state index is -0.503. The third kappa shape index (κ3) is 5.97.